The molecule has 2 heterocycles. The van der Waals surface area contributed by atoms with Gasteiger partial charge in [0.25, 0.3) is 0 Å². The van der Waals surface area contributed by atoms with Crippen LogP contribution >= 0.6 is 11.3 Å². The molecule has 0 amide bonds. The molecule has 106 valence electrons. The van der Waals surface area contributed by atoms with Crippen molar-refractivity contribution in [1.29, 1.82) is 0 Å². The molecule has 1 atom stereocenters. The van der Waals surface area contributed by atoms with Crippen LogP contribution in [0.2, 0.25) is 0 Å². The highest BCUT2D eigenvalue weighted by molar-refractivity contribution is 7.91. The lowest BCUT2D eigenvalue weighted by Gasteiger charge is -2.07. The Morgan fingerprint density at radius 3 is 3.05 bits per heavy atom. The molecule has 1 aromatic rings. The van der Waals surface area contributed by atoms with E-state index in [0.29, 0.717) is 24.7 Å². The molecule has 19 heavy (non-hydrogen) atoms. The predicted octanol–water partition coefficient (Wildman–Crippen LogP) is 1.17. The van der Waals surface area contributed by atoms with E-state index >= 15 is 0 Å². The lowest BCUT2D eigenvalue weighted by Crippen LogP contribution is -2.15. The van der Waals surface area contributed by atoms with Gasteiger partial charge in [0.15, 0.2) is 20.7 Å². The number of thiazole rings is 1. The molecular weight excluding hydrogens is 288 g/mol. The maximum atomic E-state index is 11.4. The number of nitrogens with zero attached hydrogens (tertiary/aromatic N) is 1. The van der Waals surface area contributed by atoms with Crippen LogP contribution in [0.15, 0.2) is 5.38 Å². The zero-order valence-corrected chi connectivity index (χ0v) is 12.2. The summed E-state index contributed by atoms with van der Waals surface area (Å²) in [5.41, 5.74) is 0.286. The fourth-order valence-corrected chi connectivity index (χ4v) is 4.47. The molecule has 0 radical (unpaired) electrons. The summed E-state index contributed by atoms with van der Waals surface area (Å²) in [6, 6.07) is 0. The Balaban J connectivity index is 1.86. The van der Waals surface area contributed by atoms with E-state index in [1.165, 1.54) is 11.3 Å². The first-order valence-electron chi connectivity index (χ1n) is 6.07. The first-order chi connectivity index (χ1) is 9.00. The van der Waals surface area contributed by atoms with Gasteiger partial charge in [-0.3, -0.25) is 0 Å². The van der Waals surface area contributed by atoms with E-state index in [4.69, 9.17) is 4.74 Å². The van der Waals surface area contributed by atoms with E-state index in [1.54, 1.807) is 12.3 Å². The Hall–Kier alpha value is -1.15. The smallest absolute Gasteiger partial charge is 0.357 e. The predicted molar refractivity (Wildman–Crippen MR) is 73.3 cm³/mol. The summed E-state index contributed by atoms with van der Waals surface area (Å²) < 4.78 is 27.5. The van der Waals surface area contributed by atoms with Gasteiger partial charge in [-0.05, 0) is 19.3 Å². The van der Waals surface area contributed by atoms with E-state index in [9.17, 15) is 13.2 Å². The Morgan fingerprint density at radius 2 is 2.42 bits per heavy atom. The first kappa shape index (κ1) is 14.3. The minimum absolute atomic E-state index is 0.125. The van der Waals surface area contributed by atoms with Gasteiger partial charge < -0.3 is 10.1 Å². The van der Waals surface area contributed by atoms with Crippen molar-refractivity contribution in [3.05, 3.63) is 11.1 Å². The molecule has 1 unspecified atom stereocenters. The van der Waals surface area contributed by atoms with Gasteiger partial charge >= 0.3 is 5.97 Å². The van der Waals surface area contributed by atoms with Crippen LogP contribution in [0, 0.1) is 5.92 Å². The number of nitrogens with one attached hydrogen (secondary N) is 1. The average molecular weight is 304 g/mol. The van der Waals surface area contributed by atoms with Gasteiger partial charge in [0, 0.05) is 11.9 Å². The van der Waals surface area contributed by atoms with Crippen molar-refractivity contribution >= 4 is 32.3 Å². The van der Waals surface area contributed by atoms with Crippen molar-refractivity contribution in [2.24, 2.45) is 5.92 Å². The Labute approximate surface area is 116 Å². The molecule has 0 bridgehead atoms. The highest BCUT2D eigenvalue weighted by Gasteiger charge is 2.27. The number of hydrogen-bond acceptors (Lipinski definition) is 7. The Morgan fingerprint density at radius 1 is 1.63 bits per heavy atom. The molecule has 0 spiro atoms. The number of carbonyl (C=O) groups is 1. The van der Waals surface area contributed by atoms with Crippen molar-refractivity contribution in [1.82, 2.24) is 4.98 Å². The van der Waals surface area contributed by atoms with Gasteiger partial charge in [-0.25, -0.2) is 18.2 Å². The van der Waals surface area contributed by atoms with Crippen LogP contribution in [-0.2, 0) is 14.6 Å². The number of anilines is 1. The number of carbonyl (C=O) groups excluding carboxylic acids is 1. The Bertz CT molecular complexity index is 553. The van der Waals surface area contributed by atoms with Gasteiger partial charge in [-0.1, -0.05) is 0 Å². The molecule has 6 nitrogen and oxygen atoms in total. The van der Waals surface area contributed by atoms with Crippen LogP contribution in [0.1, 0.15) is 23.8 Å². The van der Waals surface area contributed by atoms with Crippen molar-refractivity contribution < 1.29 is 17.9 Å². The third-order valence-electron chi connectivity index (χ3n) is 2.86. The normalized spacial score (nSPS) is 21.2. The summed E-state index contributed by atoms with van der Waals surface area (Å²) in [4.78, 5) is 15.5. The highest BCUT2D eigenvalue weighted by Crippen LogP contribution is 2.21. The maximum absolute atomic E-state index is 11.4. The standard InChI is InChI=1S/C11H16N2O4S2/c1-2-17-10(14)9-6-18-11(13-9)12-5-8-3-4-19(15,16)7-8/h6,8H,2-5,7H2,1H3,(H,12,13). The number of rotatable bonds is 5. The molecule has 0 saturated carbocycles. The topological polar surface area (TPSA) is 85.4 Å². The van der Waals surface area contributed by atoms with Crippen LogP contribution in [-0.4, -0.2) is 44.0 Å². The summed E-state index contributed by atoms with van der Waals surface area (Å²) >= 11 is 1.31. The van der Waals surface area contributed by atoms with Crippen LogP contribution in [0.4, 0.5) is 5.13 Å². The van der Waals surface area contributed by atoms with Crippen LogP contribution in [0.25, 0.3) is 0 Å². The SMILES string of the molecule is CCOC(=O)c1csc(NCC2CCS(=O)(=O)C2)n1. The second kappa shape index (κ2) is 5.87. The van der Waals surface area contributed by atoms with Gasteiger partial charge in [0.05, 0.1) is 18.1 Å². The number of hydrogen-bond donors (Lipinski definition) is 1. The maximum Gasteiger partial charge on any atom is 0.357 e. The third kappa shape index (κ3) is 3.90. The van der Waals surface area contributed by atoms with Gasteiger partial charge in [-0.15, -0.1) is 11.3 Å². The Kier molecular flexibility index (Phi) is 4.41. The molecule has 1 N–H and O–H groups in total. The van der Waals surface area contributed by atoms with Crippen molar-refractivity contribution in [2.75, 3.05) is 30.0 Å². The molecule has 0 aliphatic carbocycles. The zero-order chi connectivity index (χ0) is 13.9. The van der Waals surface area contributed by atoms with Gasteiger partial charge in [0.1, 0.15) is 0 Å². The summed E-state index contributed by atoms with van der Waals surface area (Å²) in [5, 5.41) is 5.33. The van der Waals surface area contributed by atoms with Gasteiger partial charge in [0.2, 0.25) is 0 Å². The number of aromatic nitrogens is 1. The third-order valence-corrected chi connectivity index (χ3v) is 5.49. The molecule has 0 aromatic carbocycles. The zero-order valence-electron chi connectivity index (χ0n) is 10.6. The lowest BCUT2D eigenvalue weighted by molar-refractivity contribution is 0.0520. The summed E-state index contributed by atoms with van der Waals surface area (Å²) in [7, 11) is -2.85. The summed E-state index contributed by atoms with van der Waals surface area (Å²) in [5.74, 6) is 0.191. The van der Waals surface area contributed by atoms with E-state index in [2.05, 4.69) is 10.3 Å². The molecular formula is C11H16N2O4S2. The van der Waals surface area contributed by atoms with Crippen molar-refractivity contribution in [3.63, 3.8) is 0 Å². The average Bonchev–Trinajstić information content (AvgIpc) is 2.93. The highest BCUT2D eigenvalue weighted by atomic mass is 32.2. The quantitative estimate of drug-likeness (QED) is 0.822. The largest absolute Gasteiger partial charge is 0.461 e. The molecule has 2 rings (SSSR count). The van der Waals surface area contributed by atoms with E-state index in [0.717, 1.165) is 0 Å². The van der Waals surface area contributed by atoms with Crippen LogP contribution < -0.4 is 5.32 Å². The van der Waals surface area contributed by atoms with Crippen LogP contribution in [0.5, 0.6) is 0 Å². The fourth-order valence-electron chi connectivity index (χ4n) is 1.92. The fraction of sp³-hybridized carbons (Fsp3) is 0.636. The summed E-state index contributed by atoms with van der Waals surface area (Å²) in [6.45, 7) is 2.62. The minimum Gasteiger partial charge on any atom is -0.461 e. The minimum atomic E-state index is -2.85. The van der Waals surface area contributed by atoms with E-state index in [-0.39, 0.29) is 23.1 Å². The molecule has 8 heteroatoms. The van der Waals surface area contributed by atoms with E-state index < -0.39 is 15.8 Å². The van der Waals surface area contributed by atoms with E-state index in [1.807, 2.05) is 0 Å². The monoisotopic (exact) mass is 304 g/mol. The van der Waals surface area contributed by atoms with Crippen molar-refractivity contribution in [3.8, 4) is 0 Å². The molecule has 1 saturated heterocycles. The number of ether oxygens (including phenoxy) is 1. The number of sulfone groups is 1. The first-order valence-corrected chi connectivity index (χ1v) is 8.77. The second-order valence-electron chi connectivity index (χ2n) is 4.41. The number of esters is 1. The lowest BCUT2D eigenvalue weighted by atomic mass is 10.1. The summed E-state index contributed by atoms with van der Waals surface area (Å²) in [6.07, 6.45) is 0.686. The van der Waals surface area contributed by atoms with Gasteiger partial charge in [-0.2, -0.15) is 0 Å². The second-order valence-corrected chi connectivity index (χ2v) is 7.50. The molecule has 1 aromatic heterocycles. The van der Waals surface area contributed by atoms with Crippen LogP contribution in [0.3, 0.4) is 0 Å². The molecule has 1 aliphatic rings. The van der Waals surface area contributed by atoms with Crippen molar-refractivity contribution in [2.45, 2.75) is 13.3 Å². The molecule has 1 aliphatic heterocycles. The molecule has 1 fully saturated rings.